The van der Waals surface area contributed by atoms with E-state index in [0.29, 0.717) is 83.9 Å². The van der Waals surface area contributed by atoms with Gasteiger partial charge in [-0.2, -0.15) is 4.98 Å². The lowest BCUT2D eigenvalue weighted by atomic mass is 9.89. The third kappa shape index (κ3) is 9.77. The van der Waals surface area contributed by atoms with Gasteiger partial charge in [0.25, 0.3) is 5.91 Å². The van der Waals surface area contributed by atoms with Crippen LogP contribution in [0.3, 0.4) is 0 Å². The predicted octanol–water partition coefficient (Wildman–Crippen LogP) is 5.54. The summed E-state index contributed by atoms with van der Waals surface area (Å²) in [4.78, 5) is 65.5. The summed E-state index contributed by atoms with van der Waals surface area (Å²) >= 11 is 3.52. The molecule has 59 heavy (non-hydrogen) atoms. The van der Waals surface area contributed by atoms with Crippen molar-refractivity contribution in [3.8, 4) is 5.75 Å². The Morgan fingerprint density at radius 1 is 0.966 bits per heavy atom. The van der Waals surface area contributed by atoms with Crippen LogP contribution in [-0.4, -0.2) is 109 Å². The fourth-order valence-corrected chi connectivity index (χ4v) is 8.40. The molecule has 4 heterocycles. The summed E-state index contributed by atoms with van der Waals surface area (Å²) in [6.45, 7) is 8.32. The van der Waals surface area contributed by atoms with Crippen LogP contribution in [0.15, 0.2) is 71.3 Å². The maximum Gasteiger partial charge on any atom is 0.253 e. The number of para-hydroxylation sites is 1. The van der Waals surface area contributed by atoms with Gasteiger partial charge < -0.3 is 35.8 Å². The number of likely N-dealkylation sites (tertiary alicyclic amines) is 1. The summed E-state index contributed by atoms with van der Waals surface area (Å²) in [6.07, 6.45) is 4.43. The molecule has 1 aromatic heterocycles. The number of nitrogens with one attached hydrogen (secondary N) is 5. The minimum Gasteiger partial charge on any atom is -0.494 e. The predicted molar refractivity (Wildman–Crippen MR) is 232 cm³/mol. The van der Waals surface area contributed by atoms with Crippen molar-refractivity contribution in [2.24, 2.45) is 0 Å². The van der Waals surface area contributed by atoms with Gasteiger partial charge in [-0.1, -0.05) is 24.3 Å². The molecule has 15 nitrogen and oxygen atoms in total. The Bertz CT molecular complexity index is 2200. The van der Waals surface area contributed by atoms with Gasteiger partial charge in [0.1, 0.15) is 17.6 Å². The number of piperazine rings is 1. The molecule has 0 spiro atoms. The smallest absolute Gasteiger partial charge is 0.253 e. The van der Waals surface area contributed by atoms with Crippen molar-refractivity contribution in [1.82, 2.24) is 30.4 Å². The highest BCUT2D eigenvalue weighted by atomic mass is 79.9. The van der Waals surface area contributed by atoms with Gasteiger partial charge >= 0.3 is 0 Å². The van der Waals surface area contributed by atoms with Gasteiger partial charge in [0.05, 0.1) is 35.1 Å². The number of ether oxygens (including phenoxy) is 1. The number of aryl methyl sites for hydroxylation is 1. The molecule has 5 N–H and O–H groups in total. The molecule has 2 unspecified atom stereocenters. The van der Waals surface area contributed by atoms with E-state index in [0.717, 1.165) is 42.9 Å². The molecule has 4 aromatic rings. The topological polar surface area (TPSA) is 173 Å². The minimum absolute atomic E-state index is 0.0277. The monoisotopic (exact) mass is 866 g/mol. The molecular weight excluding hydrogens is 816 g/mol. The first-order valence-electron chi connectivity index (χ1n) is 20.0. The Balaban J connectivity index is 0.915. The normalized spacial score (nSPS) is 18.9. The highest BCUT2D eigenvalue weighted by Crippen LogP contribution is 2.37. The number of benzene rings is 3. The summed E-state index contributed by atoms with van der Waals surface area (Å²) < 4.78 is 6.48. The summed E-state index contributed by atoms with van der Waals surface area (Å²) in [5.74, 6) is 1.33. The van der Waals surface area contributed by atoms with Crippen molar-refractivity contribution in [2.45, 2.75) is 57.5 Å². The van der Waals surface area contributed by atoms with Gasteiger partial charge in [0.15, 0.2) is 0 Å². The zero-order chi connectivity index (χ0) is 41.6. The number of amides is 4. The van der Waals surface area contributed by atoms with E-state index in [1.54, 1.807) is 32.5 Å². The number of anilines is 6. The molecule has 4 amide bonds. The van der Waals surface area contributed by atoms with Gasteiger partial charge in [-0.25, -0.2) is 4.98 Å². The molecule has 0 saturated carbocycles. The van der Waals surface area contributed by atoms with Crippen molar-refractivity contribution in [1.29, 1.82) is 0 Å². The number of aromatic nitrogens is 2. The number of imide groups is 1. The second-order valence-electron chi connectivity index (χ2n) is 15.3. The number of halogens is 1. The first kappa shape index (κ1) is 41.4. The number of hydrogen-bond acceptors (Lipinski definition) is 12. The largest absolute Gasteiger partial charge is 0.494 e. The van der Waals surface area contributed by atoms with Gasteiger partial charge in [-0.15, -0.1) is 0 Å². The third-order valence-corrected chi connectivity index (χ3v) is 11.9. The van der Waals surface area contributed by atoms with Gasteiger partial charge in [0, 0.05) is 62.8 Å². The molecule has 0 bridgehead atoms. The van der Waals surface area contributed by atoms with Crippen LogP contribution in [-0.2, 0) is 14.4 Å². The average Bonchev–Trinajstić information content (AvgIpc) is 3.23. The average molecular weight is 868 g/mol. The molecule has 0 radical (unpaired) electrons. The third-order valence-electron chi connectivity index (χ3n) is 11.4. The minimum atomic E-state index is -0.403. The number of hydrogen-bond donors (Lipinski definition) is 5. The number of carbonyl (C=O) groups is 4. The Morgan fingerprint density at radius 3 is 2.44 bits per heavy atom. The molecule has 0 aliphatic carbocycles. The van der Waals surface area contributed by atoms with E-state index in [1.165, 1.54) is 5.56 Å². The molecule has 16 heteroatoms. The second-order valence-corrected chi connectivity index (χ2v) is 16.2. The highest BCUT2D eigenvalue weighted by Gasteiger charge is 2.31. The van der Waals surface area contributed by atoms with Crippen LogP contribution in [0.4, 0.5) is 34.5 Å². The van der Waals surface area contributed by atoms with E-state index in [9.17, 15) is 19.2 Å². The fourth-order valence-electron chi connectivity index (χ4n) is 8.11. The number of carbonyl (C=O) groups excluding carboxylic acids is 4. The van der Waals surface area contributed by atoms with Gasteiger partial charge in [-0.05, 0) is 110 Å². The number of nitrogens with zero attached hydrogens (tertiary/aromatic N) is 5. The molecular formula is C43H51BrN10O5. The van der Waals surface area contributed by atoms with Crippen molar-refractivity contribution < 1.29 is 23.9 Å². The summed E-state index contributed by atoms with van der Waals surface area (Å²) in [5.41, 5.74) is 6.00. The first-order valence-corrected chi connectivity index (χ1v) is 20.8. The van der Waals surface area contributed by atoms with Crippen LogP contribution < -0.4 is 36.2 Å². The van der Waals surface area contributed by atoms with Crippen LogP contribution >= 0.6 is 15.9 Å². The Labute approximate surface area is 352 Å². The van der Waals surface area contributed by atoms with Crippen molar-refractivity contribution in [2.75, 3.05) is 74.3 Å². The van der Waals surface area contributed by atoms with E-state index in [1.807, 2.05) is 41.3 Å². The molecule has 3 fully saturated rings. The second kappa shape index (κ2) is 18.5. The number of methoxy groups -OCH3 is 1. The van der Waals surface area contributed by atoms with Crippen molar-refractivity contribution in [3.05, 3.63) is 88.0 Å². The fraction of sp³-hybridized carbons (Fsp3) is 0.395. The van der Waals surface area contributed by atoms with E-state index in [4.69, 9.17) is 4.74 Å². The summed E-state index contributed by atoms with van der Waals surface area (Å²) in [7, 11) is 3.22. The Kier molecular flexibility index (Phi) is 13.0. The molecule has 3 aliphatic rings. The van der Waals surface area contributed by atoms with E-state index >= 15 is 0 Å². The number of rotatable bonds is 12. The van der Waals surface area contributed by atoms with Crippen molar-refractivity contribution >= 4 is 74.1 Å². The first-order chi connectivity index (χ1) is 28.5. The Hall–Kier alpha value is -5.74. The van der Waals surface area contributed by atoms with Crippen LogP contribution in [0, 0.1) is 6.92 Å². The molecule has 3 saturated heterocycles. The SMILES string of the molecule is CNC(=O)c1ccccc1Nc1nc(Nc2cc(C)c(N3CCN(C(=O)CN4CCC(c5ccc(NC6CCC(=O)NC6=O)cc5)CC4)C(C)C3)cc2OC)ncc1Br. The molecule has 2 atom stereocenters. The maximum atomic E-state index is 13.7. The number of piperidine rings is 2. The van der Waals surface area contributed by atoms with Crippen molar-refractivity contribution in [3.63, 3.8) is 0 Å². The van der Waals surface area contributed by atoms with Crippen LogP contribution in [0.5, 0.6) is 5.75 Å². The molecule has 7 rings (SSSR count). The Morgan fingerprint density at radius 2 is 1.73 bits per heavy atom. The van der Waals surface area contributed by atoms with Crippen LogP contribution in [0.2, 0.25) is 0 Å². The highest BCUT2D eigenvalue weighted by molar-refractivity contribution is 9.10. The zero-order valence-corrected chi connectivity index (χ0v) is 35.4. The van der Waals surface area contributed by atoms with Crippen LogP contribution in [0.1, 0.15) is 60.0 Å². The standard InChI is InChI=1S/C43H51BrN10O5/c1-26-21-35(49-43-46-23-32(44)40(51-43)48-33-8-6-5-7-31(33)41(57)45-3)37(59-4)22-36(26)53-19-20-54(27(2)24-53)39(56)25-52-17-15-29(16-18-52)28-9-11-30(12-10-28)47-34-13-14-38(55)50-42(34)58/h5-12,21-23,27,29,34,47H,13-20,24-25H2,1-4H3,(H,45,57)(H,50,55,58)(H2,46,48,49,51). The maximum absolute atomic E-state index is 13.7. The lowest BCUT2D eigenvalue weighted by Crippen LogP contribution is -2.56. The molecule has 3 aliphatic heterocycles. The zero-order valence-electron chi connectivity index (χ0n) is 33.8. The van der Waals surface area contributed by atoms with Gasteiger partial charge in [0.2, 0.25) is 23.7 Å². The van der Waals surface area contributed by atoms with Crippen LogP contribution in [0.25, 0.3) is 0 Å². The molecule has 3 aromatic carbocycles. The summed E-state index contributed by atoms with van der Waals surface area (Å²) in [5, 5.41) is 14.9. The van der Waals surface area contributed by atoms with Gasteiger partial charge in [-0.3, -0.25) is 29.4 Å². The lowest BCUT2D eigenvalue weighted by Gasteiger charge is -2.42. The molecule has 310 valence electrons. The lowest BCUT2D eigenvalue weighted by molar-refractivity contribution is -0.135. The quantitative estimate of drug-likeness (QED) is 0.113. The van der Waals surface area contributed by atoms with E-state index < -0.39 is 6.04 Å². The van der Waals surface area contributed by atoms with E-state index in [-0.39, 0.29) is 29.7 Å². The summed E-state index contributed by atoms with van der Waals surface area (Å²) in [6, 6.07) is 19.1. The van der Waals surface area contributed by atoms with E-state index in [2.05, 4.69) is 88.3 Å².